The molecule has 1 aliphatic rings. The van der Waals surface area contributed by atoms with Gasteiger partial charge >= 0.3 is 0 Å². The average Bonchev–Trinajstić information content (AvgIpc) is 2.79. The van der Waals surface area contributed by atoms with E-state index >= 15 is 0 Å². The monoisotopic (exact) mass is 282 g/mol. The summed E-state index contributed by atoms with van der Waals surface area (Å²) in [5.74, 6) is 0.246. The SMILES string of the molecule is COCC1CCN(Cc2ccc(F)c(C(N)=S)c2)C1. The molecule has 5 heteroatoms. The molecule has 1 aromatic rings. The van der Waals surface area contributed by atoms with Crippen LogP contribution in [0, 0.1) is 11.7 Å². The smallest absolute Gasteiger partial charge is 0.133 e. The number of hydrogen-bond donors (Lipinski definition) is 1. The summed E-state index contributed by atoms with van der Waals surface area (Å²) in [5, 5.41) is 0. The van der Waals surface area contributed by atoms with Gasteiger partial charge in [-0.2, -0.15) is 0 Å². The van der Waals surface area contributed by atoms with E-state index in [2.05, 4.69) is 4.90 Å². The molecule has 19 heavy (non-hydrogen) atoms. The van der Waals surface area contributed by atoms with Crippen LogP contribution in [0.2, 0.25) is 0 Å². The van der Waals surface area contributed by atoms with Gasteiger partial charge in [0.15, 0.2) is 0 Å². The Labute approximate surface area is 118 Å². The Morgan fingerprint density at radius 3 is 3.05 bits per heavy atom. The predicted octanol–water partition coefficient (Wildman–Crippen LogP) is 1.93. The third-order valence-corrected chi connectivity index (χ3v) is 3.69. The molecular formula is C14H19FN2OS. The maximum Gasteiger partial charge on any atom is 0.133 e. The van der Waals surface area contributed by atoms with Gasteiger partial charge in [0, 0.05) is 25.8 Å². The largest absolute Gasteiger partial charge is 0.389 e. The van der Waals surface area contributed by atoms with Crippen LogP contribution in [0.25, 0.3) is 0 Å². The second-order valence-corrected chi connectivity index (χ2v) is 5.46. The first-order valence-electron chi connectivity index (χ1n) is 6.39. The highest BCUT2D eigenvalue weighted by Gasteiger charge is 2.22. The molecule has 2 rings (SSSR count). The minimum atomic E-state index is -0.352. The second kappa shape index (κ2) is 6.41. The Morgan fingerprint density at radius 1 is 1.58 bits per heavy atom. The van der Waals surface area contributed by atoms with Gasteiger partial charge in [-0.25, -0.2) is 4.39 Å². The standard InChI is InChI=1S/C14H19FN2OS/c1-18-9-11-4-5-17(8-11)7-10-2-3-13(15)12(6-10)14(16)19/h2-3,6,11H,4-5,7-9H2,1H3,(H2,16,19). The highest BCUT2D eigenvalue weighted by Crippen LogP contribution is 2.20. The van der Waals surface area contributed by atoms with Crippen LogP contribution in [0.3, 0.4) is 0 Å². The van der Waals surface area contributed by atoms with Crippen LogP contribution in [-0.4, -0.2) is 36.7 Å². The molecular weight excluding hydrogens is 263 g/mol. The number of methoxy groups -OCH3 is 1. The van der Waals surface area contributed by atoms with Crippen molar-refractivity contribution in [2.45, 2.75) is 13.0 Å². The Balaban J connectivity index is 2.00. The summed E-state index contributed by atoms with van der Waals surface area (Å²) >= 11 is 4.85. The van der Waals surface area contributed by atoms with Gasteiger partial charge in [-0.15, -0.1) is 0 Å². The van der Waals surface area contributed by atoms with Gasteiger partial charge < -0.3 is 10.5 Å². The fraction of sp³-hybridized carbons (Fsp3) is 0.500. The van der Waals surface area contributed by atoms with Gasteiger partial charge in [0.1, 0.15) is 10.8 Å². The molecule has 1 heterocycles. The number of halogens is 1. The molecule has 0 saturated carbocycles. The molecule has 0 aliphatic carbocycles. The number of ether oxygens (including phenoxy) is 1. The van der Waals surface area contributed by atoms with Crippen molar-refractivity contribution >= 4 is 17.2 Å². The Hall–Kier alpha value is -1.04. The molecule has 2 N–H and O–H groups in total. The lowest BCUT2D eigenvalue weighted by molar-refractivity contribution is 0.152. The number of rotatable bonds is 5. The molecule has 1 saturated heterocycles. The number of nitrogens with zero attached hydrogens (tertiary/aromatic N) is 1. The first-order valence-corrected chi connectivity index (χ1v) is 6.80. The minimum Gasteiger partial charge on any atom is -0.389 e. The number of hydrogen-bond acceptors (Lipinski definition) is 3. The van der Waals surface area contributed by atoms with Crippen molar-refractivity contribution in [3.05, 3.63) is 35.1 Å². The first-order chi connectivity index (χ1) is 9.10. The molecule has 1 fully saturated rings. The van der Waals surface area contributed by atoms with Crippen LogP contribution in [0.5, 0.6) is 0 Å². The van der Waals surface area contributed by atoms with Gasteiger partial charge in [-0.05, 0) is 36.6 Å². The van der Waals surface area contributed by atoms with E-state index in [0.29, 0.717) is 11.5 Å². The van der Waals surface area contributed by atoms with Crippen LogP contribution in [0.15, 0.2) is 18.2 Å². The molecule has 1 atom stereocenters. The summed E-state index contributed by atoms with van der Waals surface area (Å²) in [6, 6.07) is 4.98. The van der Waals surface area contributed by atoms with Crippen molar-refractivity contribution in [2.75, 3.05) is 26.8 Å². The van der Waals surface area contributed by atoms with Crippen LogP contribution in [0.4, 0.5) is 4.39 Å². The molecule has 3 nitrogen and oxygen atoms in total. The van der Waals surface area contributed by atoms with Crippen LogP contribution in [0.1, 0.15) is 17.5 Å². The fourth-order valence-electron chi connectivity index (χ4n) is 2.55. The summed E-state index contributed by atoms with van der Waals surface area (Å²) in [6.07, 6.45) is 1.15. The highest BCUT2D eigenvalue weighted by molar-refractivity contribution is 7.80. The third-order valence-electron chi connectivity index (χ3n) is 3.47. The topological polar surface area (TPSA) is 38.5 Å². The molecule has 0 radical (unpaired) electrons. The van der Waals surface area contributed by atoms with Crippen LogP contribution in [-0.2, 0) is 11.3 Å². The van der Waals surface area contributed by atoms with E-state index in [1.165, 1.54) is 6.07 Å². The Morgan fingerprint density at radius 2 is 2.37 bits per heavy atom. The Bertz CT molecular complexity index is 467. The van der Waals surface area contributed by atoms with E-state index < -0.39 is 0 Å². The normalized spacial score (nSPS) is 19.8. The van der Waals surface area contributed by atoms with Gasteiger partial charge in [-0.1, -0.05) is 18.3 Å². The molecule has 0 bridgehead atoms. The zero-order chi connectivity index (χ0) is 13.8. The van der Waals surface area contributed by atoms with Crippen molar-refractivity contribution in [1.29, 1.82) is 0 Å². The second-order valence-electron chi connectivity index (χ2n) is 5.02. The third kappa shape index (κ3) is 3.72. The predicted molar refractivity (Wildman–Crippen MR) is 77.5 cm³/mol. The van der Waals surface area contributed by atoms with Crippen molar-refractivity contribution in [3.8, 4) is 0 Å². The quantitative estimate of drug-likeness (QED) is 0.838. The first kappa shape index (κ1) is 14.4. The lowest BCUT2D eigenvalue weighted by atomic mass is 10.1. The summed E-state index contributed by atoms with van der Waals surface area (Å²) < 4.78 is 18.7. The van der Waals surface area contributed by atoms with E-state index in [9.17, 15) is 4.39 Å². The fourth-order valence-corrected chi connectivity index (χ4v) is 2.70. The van der Waals surface area contributed by atoms with E-state index in [1.54, 1.807) is 19.2 Å². The maximum absolute atomic E-state index is 13.5. The number of nitrogens with two attached hydrogens (primary N) is 1. The lowest BCUT2D eigenvalue weighted by Gasteiger charge is -2.16. The summed E-state index contributed by atoms with van der Waals surface area (Å²) in [7, 11) is 1.73. The van der Waals surface area contributed by atoms with Crippen LogP contribution < -0.4 is 5.73 Å². The van der Waals surface area contributed by atoms with Gasteiger partial charge in [-0.3, -0.25) is 4.90 Å². The summed E-state index contributed by atoms with van der Waals surface area (Å²) in [4.78, 5) is 2.46. The van der Waals surface area contributed by atoms with E-state index in [4.69, 9.17) is 22.7 Å². The van der Waals surface area contributed by atoms with Gasteiger partial charge in [0.2, 0.25) is 0 Å². The molecule has 0 spiro atoms. The van der Waals surface area contributed by atoms with Crippen LogP contribution >= 0.6 is 12.2 Å². The highest BCUT2D eigenvalue weighted by atomic mass is 32.1. The van der Waals surface area contributed by atoms with Gasteiger partial charge in [0.25, 0.3) is 0 Å². The molecule has 1 aliphatic heterocycles. The molecule has 1 unspecified atom stereocenters. The van der Waals surface area contributed by atoms with E-state index in [-0.39, 0.29) is 10.8 Å². The average molecular weight is 282 g/mol. The van der Waals surface area contributed by atoms with E-state index in [1.807, 2.05) is 0 Å². The number of benzene rings is 1. The lowest BCUT2D eigenvalue weighted by Crippen LogP contribution is -2.22. The number of likely N-dealkylation sites (tertiary alicyclic amines) is 1. The maximum atomic E-state index is 13.5. The summed E-state index contributed by atoms with van der Waals surface area (Å²) in [6.45, 7) is 3.68. The van der Waals surface area contributed by atoms with Crippen molar-refractivity contribution < 1.29 is 9.13 Å². The van der Waals surface area contributed by atoms with Crippen molar-refractivity contribution in [3.63, 3.8) is 0 Å². The zero-order valence-electron chi connectivity index (χ0n) is 11.1. The molecule has 104 valence electrons. The number of thiocarbonyl (C=S) groups is 1. The molecule has 0 amide bonds. The van der Waals surface area contributed by atoms with Crippen molar-refractivity contribution in [2.24, 2.45) is 11.7 Å². The zero-order valence-corrected chi connectivity index (χ0v) is 11.9. The van der Waals surface area contributed by atoms with E-state index in [0.717, 1.165) is 38.2 Å². The minimum absolute atomic E-state index is 0.109. The molecule has 0 aromatic heterocycles. The molecule has 1 aromatic carbocycles. The van der Waals surface area contributed by atoms with Gasteiger partial charge in [0.05, 0.1) is 6.61 Å². The summed E-state index contributed by atoms with van der Waals surface area (Å²) in [5.41, 5.74) is 6.89. The van der Waals surface area contributed by atoms with Crippen molar-refractivity contribution in [1.82, 2.24) is 4.90 Å². The Kier molecular flexibility index (Phi) is 4.85.